The average molecular weight is 243 g/mol. The maximum absolute atomic E-state index is 5.47. The van der Waals surface area contributed by atoms with Gasteiger partial charge in [0.1, 0.15) is 0 Å². The maximum Gasteiger partial charge on any atom is 0.0727 e. The van der Waals surface area contributed by atoms with Gasteiger partial charge in [-0.2, -0.15) is 0 Å². The SMILES string of the molecule is CN(CCCCC(N)=S)CC1CCCN1C. The topological polar surface area (TPSA) is 32.5 Å². The molecule has 0 radical (unpaired) electrons. The number of likely N-dealkylation sites (N-methyl/N-ethyl adjacent to an activating group) is 2. The molecule has 0 aliphatic carbocycles. The molecular weight excluding hydrogens is 218 g/mol. The Kier molecular flexibility index (Phi) is 6.24. The van der Waals surface area contributed by atoms with E-state index in [1.54, 1.807) is 0 Å². The van der Waals surface area contributed by atoms with Crippen LogP contribution in [0.1, 0.15) is 32.1 Å². The Balaban J connectivity index is 2.06. The first-order chi connectivity index (χ1) is 7.59. The summed E-state index contributed by atoms with van der Waals surface area (Å²) in [6, 6.07) is 0.764. The smallest absolute Gasteiger partial charge is 0.0727 e. The van der Waals surface area contributed by atoms with Gasteiger partial charge in [-0.15, -0.1) is 0 Å². The summed E-state index contributed by atoms with van der Waals surface area (Å²) >= 11 is 4.86. The molecule has 4 heteroatoms. The summed E-state index contributed by atoms with van der Waals surface area (Å²) in [6.45, 7) is 3.62. The second kappa shape index (κ2) is 7.20. The molecule has 0 aromatic heterocycles. The molecule has 1 atom stereocenters. The molecule has 0 spiro atoms. The van der Waals surface area contributed by atoms with E-state index in [0.29, 0.717) is 4.99 Å². The lowest BCUT2D eigenvalue weighted by Crippen LogP contribution is -2.37. The molecular formula is C12H25N3S. The van der Waals surface area contributed by atoms with Crippen molar-refractivity contribution in [1.82, 2.24) is 9.80 Å². The van der Waals surface area contributed by atoms with Gasteiger partial charge in [-0.3, -0.25) is 0 Å². The quantitative estimate of drug-likeness (QED) is 0.542. The minimum atomic E-state index is 0.651. The molecule has 1 fully saturated rings. The van der Waals surface area contributed by atoms with E-state index in [1.807, 2.05) is 0 Å². The maximum atomic E-state index is 5.47. The summed E-state index contributed by atoms with van der Waals surface area (Å²) in [5.74, 6) is 0. The number of unbranched alkanes of at least 4 members (excludes halogenated alkanes) is 1. The van der Waals surface area contributed by atoms with Gasteiger partial charge >= 0.3 is 0 Å². The van der Waals surface area contributed by atoms with Crippen molar-refractivity contribution in [1.29, 1.82) is 0 Å². The van der Waals surface area contributed by atoms with E-state index in [2.05, 4.69) is 23.9 Å². The molecule has 1 heterocycles. The van der Waals surface area contributed by atoms with Crippen molar-refractivity contribution in [3.8, 4) is 0 Å². The fourth-order valence-corrected chi connectivity index (χ4v) is 2.49. The molecule has 16 heavy (non-hydrogen) atoms. The van der Waals surface area contributed by atoms with Gasteiger partial charge in [-0.1, -0.05) is 12.2 Å². The Bertz CT molecular complexity index is 220. The Labute approximate surface area is 105 Å². The van der Waals surface area contributed by atoms with Gasteiger partial charge in [0.25, 0.3) is 0 Å². The molecule has 1 unspecified atom stereocenters. The molecule has 0 amide bonds. The molecule has 0 aromatic rings. The standard InChI is InChI=1S/C12H25N3S/c1-14(8-4-3-7-12(13)16)10-11-6-5-9-15(11)2/h11H,3-10H2,1-2H3,(H2,13,16). The Morgan fingerprint density at radius 3 is 2.81 bits per heavy atom. The summed E-state index contributed by atoms with van der Waals surface area (Å²) in [4.78, 5) is 5.57. The second-order valence-corrected chi connectivity index (χ2v) is 5.49. The van der Waals surface area contributed by atoms with Gasteiger partial charge in [0.15, 0.2) is 0 Å². The zero-order valence-corrected chi connectivity index (χ0v) is 11.4. The van der Waals surface area contributed by atoms with Gasteiger partial charge in [-0.05, 0) is 59.3 Å². The Morgan fingerprint density at radius 2 is 2.25 bits per heavy atom. The van der Waals surface area contributed by atoms with Gasteiger partial charge in [0.2, 0.25) is 0 Å². The first kappa shape index (κ1) is 13.9. The summed E-state index contributed by atoms with van der Waals surface area (Å²) in [5, 5.41) is 0. The van der Waals surface area contributed by atoms with Gasteiger partial charge in [-0.25, -0.2) is 0 Å². The highest BCUT2D eigenvalue weighted by Crippen LogP contribution is 2.15. The van der Waals surface area contributed by atoms with Gasteiger partial charge in [0, 0.05) is 12.6 Å². The zero-order valence-electron chi connectivity index (χ0n) is 10.6. The van der Waals surface area contributed by atoms with E-state index in [0.717, 1.165) is 25.4 Å². The van der Waals surface area contributed by atoms with E-state index in [1.165, 1.54) is 32.4 Å². The lowest BCUT2D eigenvalue weighted by molar-refractivity contribution is 0.218. The third-order valence-electron chi connectivity index (χ3n) is 3.41. The fraction of sp³-hybridized carbons (Fsp3) is 0.917. The highest BCUT2D eigenvalue weighted by molar-refractivity contribution is 7.80. The summed E-state index contributed by atoms with van der Waals surface area (Å²) in [7, 11) is 4.45. The molecule has 94 valence electrons. The first-order valence-electron chi connectivity index (χ1n) is 6.26. The lowest BCUT2D eigenvalue weighted by Gasteiger charge is -2.25. The molecule has 1 rings (SSSR count). The number of rotatable bonds is 7. The number of hydrogen-bond acceptors (Lipinski definition) is 3. The van der Waals surface area contributed by atoms with Crippen LogP contribution in [0.3, 0.4) is 0 Å². The minimum absolute atomic E-state index is 0.651. The average Bonchev–Trinajstić information content (AvgIpc) is 2.59. The predicted molar refractivity (Wildman–Crippen MR) is 73.8 cm³/mol. The van der Waals surface area contributed by atoms with Crippen LogP contribution in [0, 0.1) is 0 Å². The van der Waals surface area contributed by atoms with E-state index in [9.17, 15) is 0 Å². The summed E-state index contributed by atoms with van der Waals surface area (Å²) < 4.78 is 0. The van der Waals surface area contributed by atoms with Gasteiger partial charge < -0.3 is 15.5 Å². The van der Waals surface area contributed by atoms with Crippen LogP contribution in [0.25, 0.3) is 0 Å². The monoisotopic (exact) mass is 243 g/mol. The van der Waals surface area contributed by atoms with Crippen molar-refractivity contribution < 1.29 is 0 Å². The lowest BCUT2D eigenvalue weighted by atomic mass is 10.2. The largest absolute Gasteiger partial charge is 0.393 e. The van der Waals surface area contributed by atoms with Crippen LogP contribution in [-0.2, 0) is 0 Å². The number of hydrogen-bond donors (Lipinski definition) is 1. The van der Waals surface area contributed by atoms with Crippen molar-refractivity contribution in [3.63, 3.8) is 0 Å². The van der Waals surface area contributed by atoms with Crippen molar-refractivity contribution >= 4 is 17.2 Å². The van der Waals surface area contributed by atoms with E-state index in [-0.39, 0.29) is 0 Å². The Hall–Kier alpha value is -0.190. The molecule has 0 saturated carbocycles. The summed E-state index contributed by atoms with van der Waals surface area (Å²) in [5.41, 5.74) is 5.47. The number of nitrogens with two attached hydrogens (primary N) is 1. The number of thiocarbonyl (C=S) groups is 1. The van der Waals surface area contributed by atoms with E-state index < -0.39 is 0 Å². The van der Waals surface area contributed by atoms with Crippen LogP contribution in [0.4, 0.5) is 0 Å². The third kappa shape index (κ3) is 5.23. The molecule has 1 saturated heterocycles. The van der Waals surface area contributed by atoms with Crippen molar-refractivity contribution in [3.05, 3.63) is 0 Å². The molecule has 1 aliphatic heterocycles. The predicted octanol–water partition coefficient (Wildman–Crippen LogP) is 1.47. The van der Waals surface area contributed by atoms with Crippen molar-refractivity contribution in [2.24, 2.45) is 5.73 Å². The molecule has 1 aliphatic rings. The zero-order chi connectivity index (χ0) is 12.0. The number of nitrogens with zero attached hydrogens (tertiary/aromatic N) is 2. The Morgan fingerprint density at radius 1 is 1.50 bits per heavy atom. The van der Waals surface area contributed by atoms with Gasteiger partial charge in [0.05, 0.1) is 4.99 Å². The van der Waals surface area contributed by atoms with Crippen LogP contribution in [0.15, 0.2) is 0 Å². The highest BCUT2D eigenvalue weighted by atomic mass is 32.1. The van der Waals surface area contributed by atoms with Crippen LogP contribution >= 0.6 is 12.2 Å². The van der Waals surface area contributed by atoms with Crippen LogP contribution in [0.5, 0.6) is 0 Å². The van der Waals surface area contributed by atoms with Crippen LogP contribution < -0.4 is 5.73 Å². The molecule has 0 aromatic carbocycles. The minimum Gasteiger partial charge on any atom is -0.393 e. The molecule has 0 bridgehead atoms. The molecule has 3 nitrogen and oxygen atoms in total. The third-order valence-corrected chi connectivity index (χ3v) is 3.61. The highest BCUT2D eigenvalue weighted by Gasteiger charge is 2.21. The first-order valence-corrected chi connectivity index (χ1v) is 6.67. The van der Waals surface area contributed by atoms with Crippen LogP contribution in [0.2, 0.25) is 0 Å². The van der Waals surface area contributed by atoms with E-state index in [4.69, 9.17) is 18.0 Å². The van der Waals surface area contributed by atoms with Crippen molar-refractivity contribution in [2.75, 3.05) is 33.7 Å². The van der Waals surface area contributed by atoms with Crippen LogP contribution in [-0.4, -0.2) is 54.6 Å². The van der Waals surface area contributed by atoms with E-state index >= 15 is 0 Å². The fourth-order valence-electron chi connectivity index (χ4n) is 2.34. The normalized spacial score (nSPS) is 21.8. The second-order valence-electron chi connectivity index (χ2n) is 4.96. The number of likely N-dealkylation sites (tertiary alicyclic amines) is 1. The van der Waals surface area contributed by atoms with Crippen molar-refractivity contribution in [2.45, 2.75) is 38.1 Å². The molecule has 2 N–H and O–H groups in total. The summed E-state index contributed by atoms with van der Waals surface area (Å²) in [6.07, 6.45) is 5.93.